The van der Waals surface area contributed by atoms with Gasteiger partial charge in [-0.15, -0.1) is 0 Å². The number of aromatic nitrogens is 2. The Bertz CT molecular complexity index is 752. The highest BCUT2D eigenvalue weighted by Gasteiger charge is 2.10. The minimum Gasteiger partial charge on any atom is -0.505 e. The van der Waals surface area contributed by atoms with Gasteiger partial charge in [-0.1, -0.05) is 6.07 Å². The first-order valence-electron chi connectivity index (χ1n) is 5.84. The molecular weight excluding hydrogens is 245 g/mol. The summed E-state index contributed by atoms with van der Waals surface area (Å²) in [5.74, 6) is -0.292. The van der Waals surface area contributed by atoms with Crippen molar-refractivity contribution in [2.75, 3.05) is 12.4 Å². The Morgan fingerprint density at radius 1 is 1.26 bits per heavy atom. The lowest BCUT2D eigenvalue weighted by Crippen LogP contribution is -1.94. The lowest BCUT2D eigenvalue weighted by molar-refractivity contribution is 0.432. The summed E-state index contributed by atoms with van der Waals surface area (Å²) >= 11 is 0. The highest BCUT2D eigenvalue weighted by Crippen LogP contribution is 2.31. The van der Waals surface area contributed by atoms with Crippen molar-refractivity contribution in [1.29, 1.82) is 0 Å². The van der Waals surface area contributed by atoms with Crippen LogP contribution in [0.1, 0.15) is 0 Å². The summed E-state index contributed by atoms with van der Waals surface area (Å²) in [6.45, 7) is 0. The zero-order valence-electron chi connectivity index (χ0n) is 10.2. The van der Waals surface area contributed by atoms with Gasteiger partial charge in [0.25, 0.3) is 0 Å². The van der Waals surface area contributed by atoms with E-state index in [9.17, 15) is 9.50 Å². The molecule has 0 unspecified atom stereocenters. The van der Waals surface area contributed by atoms with E-state index < -0.39 is 5.82 Å². The zero-order chi connectivity index (χ0) is 13.4. The van der Waals surface area contributed by atoms with E-state index in [0.29, 0.717) is 11.4 Å². The highest BCUT2D eigenvalue weighted by molar-refractivity contribution is 5.94. The molecule has 2 aromatic heterocycles. The monoisotopic (exact) mass is 257 g/mol. The van der Waals surface area contributed by atoms with E-state index in [2.05, 4.69) is 15.3 Å². The third kappa shape index (κ3) is 1.89. The first-order chi connectivity index (χ1) is 9.19. The van der Waals surface area contributed by atoms with E-state index in [1.807, 2.05) is 12.1 Å². The van der Waals surface area contributed by atoms with Crippen molar-refractivity contribution in [2.24, 2.45) is 0 Å². The number of phenols is 1. The van der Waals surface area contributed by atoms with E-state index in [4.69, 9.17) is 0 Å². The van der Waals surface area contributed by atoms with Gasteiger partial charge >= 0.3 is 0 Å². The first kappa shape index (κ1) is 11.5. The molecule has 0 aliphatic rings. The van der Waals surface area contributed by atoms with Crippen LogP contribution in [0.3, 0.4) is 0 Å². The predicted molar refractivity (Wildman–Crippen MR) is 72.7 cm³/mol. The van der Waals surface area contributed by atoms with E-state index in [0.717, 1.165) is 16.6 Å². The minimum atomic E-state index is -0.635. The Kier molecular flexibility index (Phi) is 2.59. The van der Waals surface area contributed by atoms with E-state index >= 15 is 0 Å². The number of benzene rings is 1. The van der Waals surface area contributed by atoms with Gasteiger partial charge in [0.1, 0.15) is 11.5 Å². The van der Waals surface area contributed by atoms with Crippen LogP contribution >= 0.6 is 0 Å². The molecule has 0 aliphatic heterocycles. The standard InChI is InChI=1S/C14H12FN3O/c1-16-13-7-10(9-4-5-17-14(9)18-13)8-2-3-12(19)11(15)6-8/h2-7,19H,1H3,(H2,16,17,18). The number of halogens is 1. The first-order valence-corrected chi connectivity index (χ1v) is 5.84. The summed E-state index contributed by atoms with van der Waals surface area (Å²) in [7, 11) is 1.78. The van der Waals surface area contributed by atoms with Crippen molar-refractivity contribution < 1.29 is 9.50 Å². The number of H-pyrrole nitrogens is 1. The number of anilines is 1. The molecule has 0 saturated carbocycles. The maximum absolute atomic E-state index is 13.5. The van der Waals surface area contributed by atoms with E-state index in [1.165, 1.54) is 12.1 Å². The van der Waals surface area contributed by atoms with Crippen LogP contribution in [-0.2, 0) is 0 Å². The fourth-order valence-electron chi connectivity index (χ4n) is 2.08. The topological polar surface area (TPSA) is 60.9 Å². The minimum absolute atomic E-state index is 0.350. The van der Waals surface area contributed by atoms with Crippen LogP contribution in [0.4, 0.5) is 10.2 Å². The van der Waals surface area contributed by atoms with Crippen LogP contribution < -0.4 is 5.32 Å². The quantitative estimate of drug-likeness (QED) is 0.661. The van der Waals surface area contributed by atoms with Crippen LogP contribution in [0.15, 0.2) is 36.5 Å². The fraction of sp³-hybridized carbons (Fsp3) is 0.0714. The van der Waals surface area contributed by atoms with Gasteiger partial charge in [-0.25, -0.2) is 9.37 Å². The number of fused-ring (bicyclic) bond motifs is 1. The summed E-state index contributed by atoms with van der Waals surface area (Å²) in [4.78, 5) is 7.41. The zero-order valence-corrected chi connectivity index (χ0v) is 10.2. The molecular formula is C14H12FN3O. The maximum atomic E-state index is 13.5. The Labute approximate surface area is 108 Å². The second kappa shape index (κ2) is 4.28. The fourth-order valence-corrected chi connectivity index (χ4v) is 2.08. The predicted octanol–water partition coefficient (Wildman–Crippen LogP) is 3.12. The number of phenolic OH excluding ortho intramolecular Hbond substituents is 1. The van der Waals surface area contributed by atoms with Gasteiger partial charge in [0.05, 0.1) is 0 Å². The summed E-state index contributed by atoms with van der Waals surface area (Å²) in [5.41, 5.74) is 2.28. The van der Waals surface area contributed by atoms with Crippen LogP contribution in [0, 0.1) is 5.82 Å². The molecule has 0 amide bonds. The number of rotatable bonds is 2. The second-order valence-corrected chi connectivity index (χ2v) is 4.21. The third-order valence-electron chi connectivity index (χ3n) is 3.04. The van der Waals surface area contributed by atoms with Gasteiger partial charge in [-0.05, 0) is 35.4 Å². The van der Waals surface area contributed by atoms with Crippen LogP contribution in [0.5, 0.6) is 5.75 Å². The number of hydrogen-bond acceptors (Lipinski definition) is 3. The lowest BCUT2D eigenvalue weighted by Gasteiger charge is -2.07. The molecule has 4 nitrogen and oxygen atoms in total. The van der Waals surface area contributed by atoms with Gasteiger partial charge in [0.15, 0.2) is 11.6 Å². The van der Waals surface area contributed by atoms with Crippen molar-refractivity contribution in [1.82, 2.24) is 9.97 Å². The molecule has 3 aromatic rings. The van der Waals surface area contributed by atoms with Gasteiger partial charge in [0, 0.05) is 18.6 Å². The maximum Gasteiger partial charge on any atom is 0.165 e. The average molecular weight is 257 g/mol. The van der Waals surface area contributed by atoms with E-state index in [1.54, 1.807) is 19.3 Å². The molecule has 0 bridgehead atoms. The van der Waals surface area contributed by atoms with Crippen LogP contribution in [-0.4, -0.2) is 22.1 Å². The Morgan fingerprint density at radius 3 is 2.84 bits per heavy atom. The largest absolute Gasteiger partial charge is 0.505 e. The molecule has 19 heavy (non-hydrogen) atoms. The molecule has 0 aliphatic carbocycles. The van der Waals surface area contributed by atoms with Gasteiger partial charge in [-0.3, -0.25) is 0 Å². The number of nitrogens with one attached hydrogen (secondary N) is 2. The molecule has 1 aromatic carbocycles. The number of aromatic amines is 1. The molecule has 0 fully saturated rings. The van der Waals surface area contributed by atoms with Crippen molar-refractivity contribution in [3.63, 3.8) is 0 Å². The van der Waals surface area contributed by atoms with Crippen LogP contribution in [0.2, 0.25) is 0 Å². The number of aromatic hydroxyl groups is 1. The van der Waals surface area contributed by atoms with Crippen LogP contribution in [0.25, 0.3) is 22.2 Å². The molecule has 0 radical (unpaired) electrons. The van der Waals surface area contributed by atoms with Crippen molar-refractivity contribution in [2.45, 2.75) is 0 Å². The number of pyridine rings is 1. The summed E-state index contributed by atoms with van der Waals surface area (Å²) in [5, 5.41) is 13.1. The van der Waals surface area contributed by atoms with Crippen molar-refractivity contribution in [3.8, 4) is 16.9 Å². The molecule has 2 heterocycles. The second-order valence-electron chi connectivity index (χ2n) is 4.21. The Morgan fingerprint density at radius 2 is 2.11 bits per heavy atom. The molecule has 96 valence electrons. The normalized spacial score (nSPS) is 10.8. The average Bonchev–Trinajstić information content (AvgIpc) is 2.89. The summed E-state index contributed by atoms with van der Waals surface area (Å²) < 4.78 is 13.5. The van der Waals surface area contributed by atoms with Crippen molar-refractivity contribution >= 4 is 16.9 Å². The lowest BCUT2D eigenvalue weighted by atomic mass is 10.0. The molecule has 0 atom stereocenters. The smallest absolute Gasteiger partial charge is 0.165 e. The summed E-state index contributed by atoms with van der Waals surface area (Å²) in [6, 6.07) is 8.09. The molecule has 0 saturated heterocycles. The highest BCUT2D eigenvalue weighted by atomic mass is 19.1. The number of nitrogens with zero attached hydrogens (tertiary/aromatic N) is 1. The Balaban J connectivity index is 2.27. The Hall–Kier alpha value is -2.56. The molecule has 0 spiro atoms. The summed E-state index contributed by atoms with van der Waals surface area (Å²) in [6.07, 6.45) is 1.79. The molecule has 3 rings (SSSR count). The van der Waals surface area contributed by atoms with Gasteiger partial charge < -0.3 is 15.4 Å². The SMILES string of the molecule is CNc1cc(-c2ccc(O)c(F)c2)c2cc[nH]c2n1. The third-order valence-corrected chi connectivity index (χ3v) is 3.04. The number of hydrogen-bond donors (Lipinski definition) is 3. The van der Waals surface area contributed by atoms with Gasteiger partial charge in [0.2, 0.25) is 0 Å². The van der Waals surface area contributed by atoms with Crippen molar-refractivity contribution in [3.05, 3.63) is 42.3 Å². The molecule has 5 heteroatoms. The van der Waals surface area contributed by atoms with Gasteiger partial charge in [-0.2, -0.15) is 0 Å². The van der Waals surface area contributed by atoms with E-state index in [-0.39, 0.29) is 5.75 Å². The molecule has 3 N–H and O–H groups in total.